The van der Waals surface area contributed by atoms with Crippen molar-refractivity contribution >= 4 is 38.1 Å². The average Bonchev–Trinajstić information content (AvgIpc) is 2.91. The zero-order valence-corrected chi connectivity index (χ0v) is 23.9. The molecule has 11 nitrogen and oxygen atoms in total. The highest BCUT2D eigenvalue weighted by Gasteiger charge is 2.22. The van der Waals surface area contributed by atoms with Crippen molar-refractivity contribution in [2.75, 3.05) is 6.54 Å². The first-order valence-corrected chi connectivity index (χ1v) is 14.1. The minimum absolute atomic E-state index is 0.0591. The first kappa shape index (κ1) is 29.3. The van der Waals surface area contributed by atoms with Crippen molar-refractivity contribution in [3.63, 3.8) is 0 Å². The van der Waals surface area contributed by atoms with Gasteiger partial charge in [0.05, 0.1) is 5.56 Å². The Kier molecular flexibility index (Phi) is 8.45. The lowest BCUT2D eigenvalue weighted by Crippen LogP contribution is -2.40. The molecule has 4 aromatic rings. The van der Waals surface area contributed by atoms with Gasteiger partial charge < -0.3 is 15.2 Å². The molecular weight excluding hydrogens is 544 g/mol. The number of amides is 1. The molecule has 0 bridgehead atoms. The van der Waals surface area contributed by atoms with Gasteiger partial charge in [-0.3, -0.25) is 4.79 Å². The number of aromatic nitrogens is 2. The number of azo groups is 1. The molecule has 0 atom stereocenters. The van der Waals surface area contributed by atoms with E-state index in [9.17, 15) is 18.3 Å². The number of hydrogen-bond donors (Lipinski definition) is 3. The second kappa shape index (κ2) is 11.8. The summed E-state index contributed by atoms with van der Waals surface area (Å²) in [5.74, 6) is -0.590. The van der Waals surface area contributed by atoms with Gasteiger partial charge in [-0.15, -0.1) is 10.2 Å². The van der Waals surface area contributed by atoms with E-state index in [-0.39, 0.29) is 46.0 Å². The summed E-state index contributed by atoms with van der Waals surface area (Å²) in [6.45, 7) is 11.0. The normalized spacial score (nSPS) is 12.0. The molecule has 0 saturated carbocycles. The second-order valence-electron chi connectivity index (χ2n) is 10.3. The number of phenols is 1. The molecule has 0 aliphatic heterocycles. The van der Waals surface area contributed by atoms with Gasteiger partial charge in [-0.25, -0.2) is 18.1 Å². The van der Waals surface area contributed by atoms with Gasteiger partial charge in [-0.2, -0.15) is 4.98 Å². The van der Waals surface area contributed by atoms with Crippen LogP contribution in [0.3, 0.4) is 0 Å². The molecule has 0 spiro atoms. The molecule has 3 aromatic carbocycles. The van der Waals surface area contributed by atoms with E-state index in [2.05, 4.69) is 36.8 Å². The molecule has 1 amide bonds. The maximum atomic E-state index is 13.0. The first-order chi connectivity index (χ1) is 19.3. The third kappa shape index (κ3) is 7.29. The van der Waals surface area contributed by atoms with Crippen molar-refractivity contribution in [3.8, 4) is 17.5 Å². The molecule has 0 unspecified atom stereocenters. The Morgan fingerprint density at radius 1 is 1.07 bits per heavy atom. The second-order valence-corrected chi connectivity index (χ2v) is 12.0. The first-order valence-electron chi connectivity index (χ1n) is 12.6. The van der Waals surface area contributed by atoms with Crippen molar-refractivity contribution < 1.29 is 23.1 Å². The Bertz CT molecular complexity index is 1760. The molecule has 0 aliphatic carbocycles. The van der Waals surface area contributed by atoms with Gasteiger partial charge in [0, 0.05) is 23.7 Å². The zero-order chi connectivity index (χ0) is 29.8. The van der Waals surface area contributed by atoms with Crippen molar-refractivity contribution in [1.82, 2.24) is 20.0 Å². The average molecular weight is 575 g/mol. The quantitative estimate of drug-likeness (QED) is 0.127. The van der Waals surface area contributed by atoms with E-state index in [1.165, 1.54) is 12.3 Å². The number of aromatic hydroxyl groups is 1. The minimum Gasteiger partial charge on any atom is -0.505 e. The maximum Gasteiger partial charge on any atom is 0.323 e. The monoisotopic (exact) mass is 574 g/mol. The van der Waals surface area contributed by atoms with Gasteiger partial charge in [0.25, 0.3) is 15.9 Å². The Labute approximate surface area is 238 Å². The molecule has 3 N–H and O–H groups in total. The molecule has 0 fully saturated rings. The Morgan fingerprint density at radius 2 is 1.78 bits per heavy atom. The van der Waals surface area contributed by atoms with E-state index in [1.807, 2.05) is 32.9 Å². The van der Waals surface area contributed by atoms with Crippen molar-refractivity contribution in [2.24, 2.45) is 10.2 Å². The van der Waals surface area contributed by atoms with Gasteiger partial charge in [0.2, 0.25) is 0 Å². The van der Waals surface area contributed by atoms with Crippen LogP contribution < -0.4 is 14.8 Å². The van der Waals surface area contributed by atoms with Crippen LogP contribution in [0.15, 0.2) is 94.3 Å². The fraction of sp³-hybridized carbons (Fsp3) is 0.207. The lowest BCUT2D eigenvalue weighted by Gasteiger charge is -2.21. The molecule has 212 valence electrons. The minimum atomic E-state index is -3.92. The van der Waals surface area contributed by atoms with E-state index in [0.29, 0.717) is 16.3 Å². The molecule has 41 heavy (non-hydrogen) atoms. The summed E-state index contributed by atoms with van der Waals surface area (Å²) in [4.78, 5) is 21.0. The van der Waals surface area contributed by atoms with E-state index >= 15 is 0 Å². The predicted octanol–water partition coefficient (Wildman–Crippen LogP) is 5.93. The number of hydrogen-bond acceptors (Lipinski definition) is 9. The van der Waals surface area contributed by atoms with Gasteiger partial charge in [-0.1, -0.05) is 48.6 Å². The number of ether oxygens (including phenoxy) is 1. The number of para-hydroxylation sites is 1. The van der Waals surface area contributed by atoms with Crippen LogP contribution in [-0.2, 0) is 10.0 Å². The molecule has 4 rings (SSSR count). The molecule has 0 saturated heterocycles. The Balaban J connectivity index is 1.69. The van der Waals surface area contributed by atoms with Gasteiger partial charge >= 0.3 is 6.01 Å². The number of benzene rings is 3. The van der Waals surface area contributed by atoms with Gasteiger partial charge in [0.15, 0.2) is 16.5 Å². The van der Waals surface area contributed by atoms with Crippen LogP contribution in [-0.4, -0.2) is 41.5 Å². The van der Waals surface area contributed by atoms with Crippen LogP contribution in [0.2, 0.25) is 0 Å². The standard InChI is InChI=1S/C29H30N6O5S/c1-18(2)17-31-41(38,39)24-14-15-30-28(32-24)40-23-13-9-8-12-22(23)34-35-25-20-11-7-6-10-19(20)16-21(26(25)36)27(37)33-29(3,4)5/h6-16,31,36H,1,17H2,2-5H3,(H,33,37)/b35-34+. The predicted molar refractivity (Wildman–Crippen MR) is 156 cm³/mol. The fourth-order valence-electron chi connectivity index (χ4n) is 3.64. The van der Waals surface area contributed by atoms with E-state index in [1.54, 1.807) is 49.4 Å². The summed E-state index contributed by atoms with van der Waals surface area (Å²) in [5.41, 5.74) is 0.524. The number of carbonyl (C=O) groups excluding carboxylic acids is 1. The summed E-state index contributed by atoms with van der Waals surface area (Å²) < 4.78 is 33.3. The van der Waals surface area contributed by atoms with Crippen molar-refractivity contribution in [1.29, 1.82) is 0 Å². The molecule has 1 heterocycles. The van der Waals surface area contributed by atoms with Crippen LogP contribution >= 0.6 is 0 Å². The summed E-state index contributed by atoms with van der Waals surface area (Å²) in [6.07, 6.45) is 1.26. The lowest BCUT2D eigenvalue weighted by atomic mass is 10.0. The summed E-state index contributed by atoms with van der Waals surface area (Å²) in [6, 6.07) is 16.4. The van der Waals surface area contributed by atoms with E-state index in [0.717, 1.165) is 0 Å². The van der Waals surface area contributed by atoms with Crippen LogP contribution in [0.25, 0.3) is 10.8 Å². The third-order valence-electron chi connectivity index (χ3n) is 5.50. The number of carbonyl (C=O) groups is 1. The van der Waals surface area contributed by atoms with Crippen LogP contribution in [0, 0.1) is 0 Å². The molecule has 0 aliphatic rings. The van der Waals surface area contributed by atoms with E-state index < -0.39 is 21.5 Å². The number of phenolic OH excluding ortho intramolecular Hbond substituents is 1. The number of nitrogens with zero attached hydrogens (tertiary/aromatic N) is 4. The SMILES string of the molecule is C=C(C)CNS(=O)(=O)c1ccnc(Oc2ccccc2/N=N/c2c(O)c(C(=O)NC(C)(C)C)cc3ccccc23)n1. The van der Waals surface area contributed by atoms with Gasteiger partial charge in [-0.05, 0) is 57.3 Å². The summed E-state index contributed by atoms with van der Waals surface area (Å²) in [5, 5.41) is 23.5. The highest BCUT2D eigenvalue weighted by molar-refractivity contribution is 7.89. The highest BCUT2D eigenvalue weighted by atomic mass is 32.2. The van der Waals surface area contributed by atoms with Crippen LogP contribution in [0.1, 0.15) is 38.1 Å². The Hall–Kier alpha value is -4.68. The number of fused-ring (bicyclic) bond motifs is 1. The summed E-state index contributed by atoms with van der Waals surface area (Å²) >= 11 is 0. The fourth-order valence-corrected chi connectivity index (χ4v) is 4.67. The lowest BCUT2D eigenvalue weighted by molar-refractivity contribution is 0.0917. The zero-order valence-electron chi connectivity index (χ0n) is 23.0. The largest absolute Gasteiger partial charge is 0.505 e. The van der Waals surface area contributed by atoms with Crippen LogP contribution in [0.4, 0.5) is 11.4 Å². The van der Waals surface area contributed by atoms with Gasteiger partial charge in [0.1, 0.15) is 11.4 Å². The smallest absolute Gasteiger partial charge is 0.323 e. The number of sulfonamides is 1. The van der Waals surface area contributed by atoms with Crippen molar-refractivity contribution in [2.45, 2.75) is 38.3 Å². The topological polar surface area (TPSA) is 155 Å². The number of nitrogens with one attached hydrogen (secondary N) is 2. The Morgan fingerprint density at radius 3 is 2.51 bits per heavy atom. The highest BCUT2D eigenvalue weighted by Crippen LogP contribution is 2.40. The maximum absolute atomic E-state index is 13.0. The molecule has 1 aromatic heterocycles. The molecule has 12 heteroatoms. The van der Waals surface area contributed by atoms with E-state index in [4.69, 9.17) is 4.74 Å². The third-order valence-corrected chi connectivity index (χ3v) is 6.80. The molecular formula is C29H30N6O5S. The van der Waals surface area contributed by atoms with Crippen LogP contribution in [0.5, 0.6) is 17.5 Å². The molecule has 0 radical (unpaired) electrons. The number of rotatable bonds is 9. The summed E-state index contributed by atoms with van der Waals surface area (Å²) in [7, 11) is -3.92. The van der Waals surface area contributed by atoms with Crippen molar-refractivity contribution in [3.05, 3.63) is 84.6 Å².